The molecule has 1 amide bonds. The first-order valence-electron chi connectivity index (χ1n) is 9.18. The number of carbonyl (C=O) groups excluding carboxylic acids is 1. The van der Waals surface area contributed by atoms with Gasteiger partial charge in [0.1, 0.15) is 11.6 Å². The molecule has 0 atom stereocenters. The molecule has 25 heavy (non-hydrogen) atoms. The van der Waals surface area contributed by atoms with Crippen LogP contribution in [0.15, 0.2) is 36.7 Å². The van der Waals surface area contributed by atoms with Crippen molar-refractivity contribution < 1.29 is 9.53 Å². The van der Waals surface area contributed by atoms with E-state index in [2.05, 4.69) is 20.5 Å². The normalized spacial score (nSPS) is 17.2. The number of carbonyl (C=O) groups is 1. The van der Waals surface area contributed by atoms with E-state index >= 15 is 0 Å². The fourth-order valence-corrected chi connectivity index (χ4v) is 3.42. The van der Waals surface area contributed by atoms with Gasteiger partial charge in [-0.1, -0.05) is 18.6 Å². The first-order valence-corrected chi connectivity index (χ1v) is 9.18. The Morgan fingerprint density at radius 2 is 2.16 bits per heavy atom. The molecule has 0 unspecified atom stereocenters. The Kier molecular flexibility index (Phi) is 4.47. The standard InChI is InChI=1S/C20H25N3O2/c1-25-18-7-2-4-15(12-18)13-22-11-10-21-19(22)14-23(17-8-9-17)20(24)16-5-3-6-16/h2,4,7,10-12,16-17H,3,5-6,8-9,13-14H2,1H3. The van der Waals surface area contributed by atoms with Crippen LogP contribution < -0.4 is 4.74 Å². The summed E-state index contributed by atoms with van der Waals surface area (Å²) < 4.78 is 7.44. The molecule has 2 aromatic rings. The summed E-state index contributed by atoms with van der Waals surface area (Å²) >= 11 is 0. The number of hydrogen-bond acceptors (Lipinski definition) is 3. The summed E-state index contributed by atoms with van der Waals surface area (Å²) in [7, 11) is 1.68. The highest BCUT2D eigenvalue weighted by atomic mass is 16.5. The number of benzene rings is 1. The van der Waals surface area contributed by atoms with Gasteiger partial charge in [-0.3, -0.25) is 4.79 Å². The number of ether oxygens (including phenoxy) is 1. The zero-order chi connectivity index (χ0) is 17.2. The Bertz CT molecular complexity index is 747. The van der Waals surface area contributed by atoms with Gasteiger partial charge in [-0.15, -0.1) is 0 Å². The molecule has 0 N–H and O–H groups in total. The van der Waals surface area contributed by atoms with Gasteiger partial charge in [-0.25, -0.2) is 4.98 Å². The maximum absolute atomic E-state index is 12.8. The third-order valence-electron chi connectivity index (χ3n) is 5.33. The highest BCUT2D eigenvalue weighted by molar-refractivity contribution is 5.80. The van der Waals surface area contributed by atoms with Crippen molar-refractivity contribution >= 4 is 5.91 Å². The molecule has 1 aromatic carbocycles. The van der Waals surface area contributed by atoms with Gasteiger partial charge < -0.3 is 14.2 Å². The van der Waals surface area contributed by atoms with Gasteiger partial charge in [0.15, 0.2) is 0 Å². The lowest BCUT2D eigenvalue weighted by atomic mass is 9.84. The molecular formula is C20H25N3O2. The largest absolute Gasteiger partial charge is 0.497 e. The Labute approximate surface area is 148 Å². The van der Waals surface area contributed by atoms with E-state index in [1.165, 1.54) is 12.0 Å². The fourth-order valence-electron chi connectivity index (χ4n) is 3.42. The molecule has 2 fully saturated rings. The molecule has 0 radical (unpaired) electrons. The molecule has 1 aromatic heterocycles. The molecule has 0 bridgehead atoms. The van der Waals surface area contributed by atoms with E-state index in [0.29, 0.717) is 18.5 Å². The summed E-state index contributed by atoms with van der Waals surface area (Å²) in [5, 5.41) is 0. The van der Waals surface area contributed by atoms with Crippen molar-refractivity contribution in [2.24, 2.45) is 5.92 Å². The van der Waals surface area contributed by atoms with Crippen molar-refractivity contribution in [3.63, 3.8) is 0 Å². The lowest BCUT2D eigenvalue weighted by Crippen LogP contribution is -2.40. The third kappa shape index (κ3) is 3.55. The van der Waals surface area contributed by atoms with Crippen molar-refractivity contribution in [2.75, 3.05) is 7.11 Å². The van der Waals surface area contributed by atoms with Crippen LogP contribution in [0, 0.1) is 5.92 Å². The number of imidazole rings is 1. The van der Waals surface area contributed by atoms with Crippen LogP contribution in [0.5, 0.6) is 5.75 Å². The van der Waals surface area contributed by atoms with Gasteiger partial charge in [0.2, 0.25) is 5.91 Å². The van der Waals surface area contributed by atoms with Crippen LogP contribution >= 0.6 is 0 Å². The molecule has 0 saturated heterocycles. The summed E-state index contributed by atoms with van der Waals surface area (Å²) in [6, 6.07) is 8.51. The average molecular weight is 339 g/mol. The molecule has 0 aliphatic heterocycles. The van der Waals surface area contributed by atoms with E-state index < -0.39 is 0 Å². The van der Waals surface area contributed by atoms with Crippen molar-refractivity contribution in [3.8, 4) is 5.75 Å². The highest BCUT2D eigenvalue weighted by Gasteiger charge is 2.38. The lowest BCUT2D eigenvalue weighted by molar-refractivity contribution is -0.139. The lowest BCUT2D eigenvalue weighted by Gasteiger charge is -2.31. The SMILES string of the molecule is COc1cccc(Cn2ccnc2CN(C(=O)C2CCC2)C2CC2)c1. The zero-order valence-corrected chi connectivity index (χ0v) is 14.7. The topological polar surface area (TPSA) is 47.4 Å². The molecule has 2 saturated carbocycles. The molecule has 2 aliphatic rings. The first-order chi connectivity index (χ1) is 12.2. The minimum Gasteiger partial charge on any atom is -0.497 e. The number of hydrogen-bond donors (Lipinski definition) is 0. The summed E-state index contributed by atoms with van der Waals surface area (Å²) in [6.07, 6.45) is 9.40. The van der Waals surface area contributed by atoms with E-state index in [-0.39, 0.29) is 5.92 Å². The van der Waals surface area contributed by atoms with Crippen molar-refractivity contribution in [2.45, 2.75) is 51.2 Å². The molecular weight excluding hydrogens is 314 g/mol. The van der Waals surface area contributed by atoms with Gasteiger partial charge in [0.25, 0.3) is 0 Å². The molecule has 4 rings (SSSR count). The first kappa shape index (κ1) is 16.2. The van der Waals surface area contributed by atoms with Crippen LogP contribution in [-0.2, 0) is 17.9 Å². The molecule has 5 heteroatoms. The summed E-state index contributed by atoms with van der Waals surface area (Å²) in [5.41, 5.74) is 1.17. The minimum absolute atomic E-state index is 0.252. The Hall–Kier alpha value is -2.30. The monoisotopic (exact) mass is 339 g/mol. The van der Waals surface area contributed by atoms with Crippen LogP contribution in [-0.4, -0.2) is 33.5 Å². The third-order valence-corrected chi connectivity index (χ3v) is 5.33. The maximum Gasteiger partial charge on any atom is 0.226 e. The fraction of sp³-hybridized carbons (Fsp3) is 0.500. The van der Waals surface area contributed by atoms with Crippen LogP contribution in [0.25, 0.3) is 0 Å². The van der Waals surface area contributed by atoms with Crippen molar-refractivity contribution in [3.05, 3.63) is 48.0 Å². The molecule has 132 valence electrons. The Balaban J connectivity index is 1.49. The van der Waals surface area contributed by atoms with Gasteiger partial charge in [-0.05, 0) is 43.4 Å². The molecule has 1 heterocycles. The van der Waals surface area contributed by atoms with Crippen LogP contribution in [0.3, 0.4) is 0 Å². The minimum atomic E-state index is 0.252. The average Bonchev–Trinajstić information content (AvgIpc) is 3.32. The number of aromatic nitrogens is 2. The van der Waals surface area contributed by atoms with Gasteiger partial charge >= 0.3 is 0 Å². The summed E-state index contributed by atoms with van der Waals surface area (Å²) in [5.74, 6) is 2.41. The maximum atomic E-state index is 12.8. The quantitative estimate of drug-likeness (QED) is 0.778. The Morgan fingerprint density at radius 1 is 1.32 bits per heavy atom. The van der Waals surface area contributed by atoms with Gasteiger partial charge in [-0.2, -0.15) is 0 Å². The van der Waals surface area contributed by atoms with Crippen molar-refractivity contribution in [1.29, 1.82) is 0 Å². The number of amides is 1. The number of rotatable bonds is 7. The second-order valence-electron chi connectivity index (χ2n) is 7.15. The molecule has 2 aliphatic carbocycles. The van der Waals surface area contributed by atoms with Crippen LogP contribution in [0.2, 0.25) is 0 Å². The predicted molar refractivity (Wildman–Crippen MR) is 95.2 cm³/mol. The zero-order valence-electron chi connectivity index (χ0n) is 14.7. The van der Waals surface area contributed by atoms with E-state index in [9.17, 15) is 4.79 Å². The second kappa shape index (κ2) is 6.90. The van der Waals surface area contributed by atoms with Gasteiger partial charge in [0.05, 0.1) is 13.7 Å². The van der Waals surface area contributed by atoms with E-state index in [0.717, 1.165) is 43.8 Å². The van der Waals surface area contributed by atoms with Crippen LogP contribution in [0.1, 0.15) is 43.5 Å². The second-order valence-corrected chi connectivity index (χ2v) is 7.15. The van der Waals surface area contributed by atoms with Gasteiger partial charge in [0, 0.05) is 30.9 Å². The summed E-state index contributed by atoms with van der Waals surface area (Å²) in [6.45, 7) is 1.36. The highest BCUT2D eigenvalue weighted by Crippen LogP contribution is 2.34. The van der Waals surface area contributed by atoms with E-state index in [1.54, 1.807) is 7.11 Å². The smallest absolute Gasteiger partial charge is 0.226 e. The Morgan fingerprint density at radius 3 is 2.84 bits per heavy atom. The summed E-state index contributed by atoms with van der Waals surface area (Å²) in [4.78, 5) is 19.4. The predicted octanol–water partition coefficient (Wildman–Crippen LogP) is 3.23. The number of methoxy groups -OCH3 is 1. The van der Waals surface area contributed by atoms with E-state index in [1.807, 2.05) is 30.6 Å². The van der Waals surface area contributed by atoms with E-state index in [4.69, 9.17) is 4.74 Å². The van der Waals surface area contributed by atoms with Crippen LogP contribution in [0.4, 0.5) is 0 Å². The molecule has 5 nitrogen and oxygen atoms in total. The number of nitrogens with zero attached hydrogens (tertiary/aromatic N) is 3. The molecule has 0 spiro atoms. The van der Waals surface area contributed by atoms with Crippen molar-refractivity contribution in [1.82, 2.24) is 14.5 Å².